The van der Waals surface area contributed by atoms with Crippen LogP contribution in [-0.4, -0.2) is 24.7 Å². The third-order valence-corrected chi connectivity index (χ3v) is 5.27. The van der Waals surface area contributed by atoms with Gasteiger partial charge in [-0.1, -0.05) is 19.4 Å². The van der Waals surface area contributed by atoms with E-state index in [1.54, 1.807) is 28.4 Å². The van der Waals surface area contributed by atoms with Crippen LogP contribution in [0.4, 0.5) is 5.82 Å². The predicted molar refractivity (Wildman–Crippen MR) is 105 cm³/mol. The quantitative estimate of drug-likeness (QED) is 0.548. The van der Waals surface area contributed by atoms with Crippen molar-refractivity contribution in [3.05, 3.63) is 53.1 Å². The van der Waals surface area contributed by atoms with Gasteiger partial charge in [-0.15, -0.1) is 11.3 Å². The fourth-order valence-corrected chi connectivity index (χ4v) is 3.80. The fourth-order valence-electron chi connectivity index (χ4n) is 2.99. The molecule has 0 spiro atoms. The summed E-state index contributed by atoms with van der Waals surface area (Å²) in [4.78, 5) is 15.0. The first kappa shape index (κ1) is 16.7. The fraction of sp³-hybridized carbons (Fsp3) is 0.263. The molecule has 0 amide bonds. The van der Waals surface area contributed by atoms with Crippen LogP contribution in [0.25, 0.3) is 22.4 Å². The molecule has 6 nitrogen and oxygen atoms in total. The summed E-state index contributed by atoms with van der Waals surface area (Å²) >= 11 is 1.76. The smallest absolute Gasteiger partial charge is 0.165 e. The predicted octanol–water partition coefficient (Wildman–Crippen LogP) is 4.44. The molecule has 26 heavy (non-hydrogen) atoms. The molecule has 132 valence electrons. The van der Waals surface area contributed by atoms with Crippen molar-refractivity contribution in [1.29, 1.82) is 0 Å². The first-order valence-corrected chi connectivity index (χ1v) is 9.54. The van der Waals surface area contributed by atoms with Crippen LogP contribution >= 0.6 is 11.3 Å². The SMILES string of the molecule is CCC[C@@H](Nc1nc(-c2cccnc2)nc2c1cnn2C)c1cccs1. The zero-order chi connectivity index (χ0) is 17.9. The number of pyridine rings is 1. The van der Waals surface area contributed by atoms with E-state index in [1.807, 2.05) is 25.4 Å². The summed E-state index contributed by atoms with van der Waals surface area (Å²) in [5.74, 6) is 1.46. The Morgan fingerprint density at radius 1 is 1.19 bits per heavy atom. The second-order valence-corrected chi connectivity index (χ2v) is 7.12. The van der Waals surface area contributed by atoms with Crippen LogP contribution in [0, 0.1) is 0 Å². The Balaban J connectivity index is 1.80. The molecule has 4 rings (SSSR count). The van der Waals surface area contributed by atoms with Crippen LogP contribution in [0.3, 0.4) is 0 Å². The maximum atomic E-state index is 4.81. The maximum Gasteiger partial charge on any atom is 0.165 e. The van der Waals surface area contributed by atoms with Gasteiger partial charge in [-0.3, -0.25) is 9.67 Å². The summed E-state index contributed by atoms with van der Waals surface area (Å²) in [5.41, 5.74) is 1.70. The van der Waals surface area contributed by atoms with Crippen LogP contribution in [0.2, 0.25) is 0 Å². The molecule has 0 radical (unpaired) electrons. The minimum absolute atomic E-state index is 0.222. The van der Waals surface area contributed by atoms with Gasteiger partial charge in [0.2, 0.25) is 0 Å². The molecule has 0 aliphatic rings. The number of nitrogens with one attached hydrogen (secondary N) is 1. The topological polar surface area (TPSA) is 68.5 Å². The van der Waals surface area contributed by atoms with E-state index in [2.05, 4.69) is 39.8 Å². The molecule has 4 heterocycles. The Morgan fingerprint density at radius 2 is 2.12 bits per heavy atom. The average molecular weight is 364 g/mol. The summed E-state index contributed by atoms with van der Waals surface area (Å²) in [5, 5.41) is 11.0. The van der Waals surface area contributed by atoms with Gasteiger partial charge in [0.15, 0.2) is 11.5 Å². The molecule has 4 aromatic rings. The van der Waals surface area contributed by atoms with Gasteiger partial charge in [0, 0.05) is 29.9 Å². The van der Waals surface area contributed by atoms with E-state index in [1.165, 1.54) is 4.88 Å². The van der Waals surface area contributed by atoms with Crippen LogP contribution in [-0.2, 0) is 7.05 Å². The number of fused-ring (bicyclic) bond motifs is 1. The highest BCUT2D eigenvalue weighted by atomic mass is 32.1. The molecule has 0 aromatic carbocycles. The van der Waals surface area contributed by atoms with E-state index >= 15 is 0 Å². The Morgan fingerprint density at radius 3 is 2.85 bits per heavy atom. The van der Waals surface area contributed by atoms with Crippen molar-refractivity contribution < 1.29 is 0 Å². The van der Waals surface area contributed by atoms with E-state index in [0.717, 1.165) is 35.3 Å². The lowest BCUT2D eigenvalue weighted by Crippen LogP contribution is -2.11. The molecule has 1 N–H and O–H groups in total. The molecule has 0 aliphatic carbocycles. The summed E-state index contributed by atoms with van der Waals surface area (Å²) in [6.45, 7) is 2.20. The second-order valence-electron chi connectivity index (χ2n) is 6.14. The van der Waals surface area contributed by atoms with E-state index in [-0.39, 0.29) is 6.04 Å². The van der Waals surface area contributed by atoms with Crippen molar-refractivity contribution in [2.24, 2.45) is 7.05 Å². The highest BCUT2D eigenvalue weighted by molar-refractivity contribution is 7.10. The zero-order valence-corrected chi connectivity index (χ0v) is 15.6. The van der Waals surface area contributed by atoms with Gasteiger partial charge < -0.3 is 5.32 Å². The van der Waals surface area contributed by atoms with E-state index in [4.69, 9.17) is 9.97 Å². The van der Waals surface area contributed by atoms with Crippen molar-refractivity contribution in [3.63, 3.8) is 0 Å². The summed E-state index contributed by atoms with van der Waals surface area (Å²) in [6, 6.07) is 8.34. The number of rotatable bonds is 6. The van der Waals surface area contributed by atoms with Crippen molar-refractivity contribution in [2.75, 3.05) is 5.32 Å². The third kappa shape index (κ3) is 3.17. The molecule has 7 heteroatoms. The molecule has 0 unspecified atom stereocenters. The van der Waals surface area contributed by atoms with E-state index in [9.17, 15) is 0 Å². The van der Waals surface area contributed by atoms with Crippen LogP contribution in [0.15, 0.2) is 48.2 Å². The average Bonchev–Trinajstić information content (AvgIpc) is 3.33. The third-order valence-electron chi connectivity index (χ3n) is 4.29. The number of aromatic nitrogens is 5. The summed E-state index contributed by atoms with van der Waals surface area (Å²) in [6.07, 6.45) is 7.48. The van der Waals surface area contributed by atoms with Crippen LogP contribution in [0.1, 0.15) is 30.7 Å². The second kappa shape index (κ2) is 7.21. The Bertz CT molecular complexity index is 994. The molecule has 0 saturated carbocycles. The molecular formula is C19H20N6S. The Kier molecular flexibility index (Phi) is 4.62. The monoisotopic (exact) mass is 364 g/mol. The van der Waals surface area contributed by atoms with Gasteiger partial charge in [0.1, 0.15) is 5.82 Å². The minimum atomic E-state index is 0.222. The summed E-state index contributed by atoms with van der Waals surface area (Å²) in [7, 11) is 1.90. The lowest BCUT2D eigenvalue weighted by Gasteiger charge is -2.18. The minimum Gasteiger partial charge on any atom is -0.362 e. The molecule has 4 aromatic heterocycles. The van der Waals surface area contributed by atoms with Gasteiger partial charge in [-0.2, -0.15) is 5.10 Å². The number of anilines is 1. The molecular weight excluding hydrogens is 344 g/mol. The van der Waals surface area contributed by atoms with Crippen molar-refractivity contribution in [2.45, 2.75) is 25.8 Å². The normalized spacial score (nSPS) is 12.4. The molecule has 0 fully saturated rings. The summed E-state index contributed by atoms with van der Waals surface area (Å²) < 4.78 is 1.78. The van der Waals surface area contributed by atoms with Crippen LogP contribution in [0.5, 0.6) is 0 Å². The number of nitrogens with zero attached hydrogens (tertiary/aromatic N) is 5. The molecule has 0 aliphatic heterocycles. The molecule has 0 saturated heterocycles. The van der Waals surface area contributed by atoms with E-state index in [0.29, 0.717) is 5.82 Å². The lowest BCUT2D eigenvalue weighted by molar-refractivity contribution is 0.685. The largest absolute Gasteiger partial charge is 0.362 e. The van der Waals surface area contributed by atoms with E-state index < -0.39 is 0 Å². The Hall–Kier alpha value is -2.80. The van der Waals surface area contributed by atoms with Gasteiger partial charge in [0.25, 0.3) is 0 Å². The highest BCUT2D eigenvalue weighted by Crippen LogP contribution is 2.31. The van der Waals surface area contributed by atoms with Crippen molar-refractivity contribution in [3.8, 4) is 11.4 Å². The molecule has 0 bridgehead atoms. The van der Waals surface area contributed by atoms with Gasteiger partial charge in [-0.05, 0) is 30.0 Å². The standard InChI is InChI=1S/C19H20N6S/c1-3-6-15(16-8-5-10-26-16)22-18-14-12-21-25(2)19(14)24-17(23-18)13-7-4-9-20-11-13/h4-5,7-12,15H,3,6H2,1-2H3,(H,22,23,24)/t15-/m1/s1. The van der Waals surface area contributed by atoms with Gasteiger partial charge in [-0.25, -0.2) is 9.97 Å². The van der Waals surface area contributed by atoms with Gasteiger partial charge in [0.05, 0.1) is 17.6 Å². The Labute approximate surface area is 156 Å². The number of aryl methyl sites for hydroxylation is 1. The zero-order valence-electron chi connectivity index (χ0n) is 14.8. The first-order chi connectivity index (χ1) is 12.8. The maximum absolute atomic E-state index is 4.81. The number of thiophene rings is 1. The number of hydrogen-bond acceptors (Lipinski definition) is 6. The first-order valence-electron chi connectivity index (χ1n) is 8.66. The van der Waals surface area contributed by atoms with Crippen LogP contribution < -0.4 is 5.32 Å². The lowest BCUT2D eigenvalue weighted by atomic mass is 10.1. The molecule has 1 atom stereocenters. The van der Waals surface area contributed by atoms with Crippen molar-refractivity contribution >= 4 is 28.2 Å². The highest BCUT2D eigenvalue weighted by Gasteiger charge is 2.18. The number of hydrogen-bond donors (Lipinski definition) is 1. The van der Waals surface area contributed by atoms with Gasteiger partial charge >= 0.3 is 0 Å². The van der Waals surface area contributed by atoms with Crippen molar-refractivity contribution in [1.82, 2.24) is 24.7 Å².